The van der Waals surface area contributed by atoms with Crippen LogP contribution in [-0.2, 0) is 0 Å². The number of hydrogen-bond donors (Lipinski definition) is 1. The molecule has 0 radical (unpaired) electrons. The lowest BCUT2D eigenvalue weighted by molar-refractivity contribution is 0.00566. The lowest BCUT2D eigenvalue weighted by Gasteiger charge is -2.50. The second-order valence-electron chi connectivity index (χ2n) is 7.37. The van der Waals surface area contributed by atoms with Gasteiger partial charge in [-0.2, -0.15) is 0 Å². The van der Waals surface area contributed by atoms with Crippen molar-refractivity contribution in [1.29, 1.82) is 0 Å². The van der Waals surface area contributed by atoms with Crippen LogP contribution in [0.2, 0.25) is 0 Å². The molecule has 0 aromatic rings. The maximum absolute atomic E-state index is 3.67. The third-order valence-electron chi connectivity index (χ3n) is 6.11. The van der Waals surface area contributed by atoms with Crippen LogP contribution in [0, 0.1) is 11.3 Å². The van der Waals surface area contributed by atoms with Crippen molar-refractivity contribution in [3.8, 4) is 0 Å². The molecule has 2 heteroatoms. The molecule has 3 unspecified atom stereocenters. The van der Waals surface area contributed by atoms with Gasteiger partial charge >= 0.3 is 0 Å². The van der Waals surface area contributed by atoms with Crippen molar-refractivity contribution in [2.75, 3.05) is 26.2 Å². The van der Waals surface area contributed by atoms with Crippen LogP contribution in [0.25, 0.3) is 0 Å². The third-order valence-corrected chi connectivity index (χ3v) is 6.11. The van der Waals surface area contributed by atoms with Crippen molar-refractivity contribution in [2.45, 2.75) is 70.8 Å². The largest absolute Gasteiger partial charge is 0.316 e. The Kier molecular flexibility index (Phi) is 4.48. The topological polar surface area (TPSA) is 15.3 Å². The first-order valence-electron chi connectivity index (χ1n) is 8.78. The molecule has 3 atom stereocenters. The summed E-state index contributed by atoms with van der Waals surface area (Å²) in [6, 6.07) is 0.915. The number of piperidine rings is 2. The first-order valence-corrected chi connectivity index (χ1v) is 8.78. The third kappa shape index (κ3) is 3.00. The van der Waals surface area contributed by atoms with Crippen molar-refractivity contribution in [1.82, 2.24) is 10.2 Å². The minimum Gasteiger partial charge on any atom is -0.316 e. The van der Waals surface area contributed by atoms with Gasteiger partial charge in [0.2, 0.25) is 0 Å². The van der Waals surface area contributed by atoms with E-state index in [9.17, 15) is 0 Å². The monoisotopic (exact) mass is 264 g/mol. The zero-order valence-electron chi connectivity index (χ0n) is 12.8. The van der Waals surface area contributed by atoms with Gasteiger partial charge in [0.15, 0.2) is 0 Å². The van der Waals surface area contributed by atoms with Gasteiger partial charge in [-0.3, -0.25) is 4.90 Å². The smallest absolute Gasteiger partial charge is 0.0124 e. The first kappa shape index (κ1) is 13.9. The average molecular weight is 264 g/mol. The summed E-state index contributed by atoms with van der Waals surface area (Å²) in [5, 5.41) is 3.67. The molecule has 0 aromatic heterocycles. The van der Waals surface area contributed by atoms with Crippen LogP contribution in [0.4, 0.5) is 0 Å². The van der Waals surface area contributed by atoms with Crippen LogP contribution < -0.4 is 5.32 Å². The molecule has 3 aliphatic rings. The molecule has 1 N–H and O–H groups in total. The van der Waals surface area contributed by atoms with Gasteiger partial charge in [-0.1, -0.05) is 26.2 Å². The van der Waals surface area contributed by atoms with Crippen LogP contribution in [0.3, 0.4) is 0 Å². The van der Waals surface area contributed by atoms with E-state index in [1.165, 1.54) is 84.0 Å². The van der Waals surface area contributed by atoms with E-state index in [1.54, 1.807) is 0 Å². The quantitative estimate of drug-likeness (QED) is 0.822. The highest BCUT2D eigenvalue weighted by atomic mass is 15.2. The predicted molar refractivity (Wildman–Crippen MR) is 81.4 cm³/mol. The van der Waals surface area contributed by atoms with E-state index in [2.05, 4.69) is 17.1 Å². The molecular weight excluding hydrogens is 232 g/mol. The summed E-state index contributed by atoms with van der Waals surface area (Å²) in [5.74, 6) is 0.987. The molecule has 1 spiro atoms. The van der Waals surface area contributed by atoms with E-state index in [1.807, 2.05) is 0 Å². The summed E-state index contributed by atoms with van der Waals surface area (Å²) in [4.78, 5) is 2.91. The number of hydrogen-bond acceptors (Lipinski definition) is 2. The van der Waals surface area contributed by atoms with Crippen LogP contribution >= 0.6 is 0 Å². The number of rotatable bonds is 2. The van der Waals surface area contributed by atoms with Gasteiger partial charge in [0, 0.05) is 19.1 Å². The summed E-state index contributed by atoms with van der Waals surface area (Å²) in [7, 11) is 0. The standard InChI is InChI=1S/C17H32N2/c1-2-15-7-3-4-8-16(15)19-12-6-10-17(14-19)9-5-11-18-13-17/h15-16,18H,2-14H2,1H3. The van der Waals surface area contributed by atoms with E-state index in [0.29, 0.717) is 5.41 Å². The Balaban J connectivity index is 1.66. The van der Waals surface area contributed by atoms with Crippen molar-refractivity contribution in [3.05, 3.63) is 0 Å². The van der Waals surface area contributed by atoms with Crippen molar-refractivity contribution >= 4 is 0 Å². The second-order valence-corrected chi connectivity index (χ2v) is 7.37. The van der Waals surface area contributed by atoms with E-state index in [-0.39, 0.29) is 0 Å². The van der Waals surface area contributed by atoms with E-state index in [4.69, 9.17) is 0 Å². The van der Waals surface area contributed by atoms with E-state index in [0.717, 1.165) is 12.0 Å². The summed E-state index contributed by atoms with van der Waals surface area (Å²) >= 11 is 0. The molecule has 2 nitrogen and oxygen atoms in total. The van der Waals surface area contributed by atoms with Gasteiger partial charge in [-0.25, -0.2) is 0 Å². The number of nitrogens with zero attached hydrogens (tertiary/aromatic N) is 1. The van der Waals surface area contributed by atoms with Crippen molar-refractivity contribution in [2.24, 2.45) is 11.3 Å². The molecule has 1 aliphatic carbocycles. The lowest BCUT2D eigenvalue weighted by atomic mass is 9.72. The molecule has 3 rings (SSSR count). The fourth-order valence-corrected chi connectivity index (χ4v) is 5.05. The molecule has 0 aromatic carbocycles. The number of nitrogens with one attached hydrogen (secondary N) is 1. The molecule has 1 saturated carbocycles. The summed E-state index contributed by atoms with van der Waals surface area (Å²) in [6.45, 7) is 7.71. The van der Waals surface area contributed by atoms with Gasteiger partial charge in [0.05, 0.1) is 0 Å². The zero-order valence-corrected chi connectivity index (χ0v) is 12.8. The fraction of sp³-hybridized carbons (Fsp3) is 1.00. The van der Waals surface area contributed by atoms with Crippen LogP contribution in [0.15, 0.2) is 0 Å². The molecule has 3 fully saturated rings. The predicted octanol–water partition coefficient (Wildman–Crippen LogP) is 3.42. The SMILES string of the molecule is CCC1CCCCC1N1CCCC2(CCCNC2)C1. The van der Waals surface area contributed by atoms with Crippen molar-refractivity contribution < 1.29 is 0 Å². The van der Waals surface area contributed by atoms with E-state index >= 15 is 0 Å². The average Bonchev–Trinajstić information content (AvgIpc) is 2.48. The molecular formula is C17H32N2. The highest BCUT2D eigenvalue weighted by Crippen LogP contribution is 2.40. The molecule has 110 valence electrons. The van der Waals surface area contributed by atoms with Crippen LogP contribution in [0.5, 0.6) is 0 Å². The van der Waals surface area contributed by atoms with Gasteiger partial charge in [0.25, 0.3) is 0 Å². The summed E-state index contributed by atoms with van der Waals surface area (Å²) in [5.41, 5.74) is 0.631. The Morgan fingerprint density at radius 2 is 1.95 bits per heavy atom. The van der Waals surface area contributed by atoms with Gasteiger partial charge in [-0.05, 0) is 62.9 Å². The Labute approximate surface area is 119 Å². The summed E-state index contributed by atoms with van der Waals surface area (Å²) in [6.07, 6.45) is 13.1. The molecule has 2 aliphatic heterocycles. The number of likely N-dealkylation sites (tertiary alicyclic amines) is 1. The van der Waals surface area contributed by atoms with Crippen LogP contribution in [-0.4, -0.2) is 37.1 Å². The Morgan fingerprint density at radius 3 is 2.74 bits per heavy atom. The second kappa shape index (κ2) is 6.13. The maximum Gasteiger partial charge on any atom is 0.0124 e. The first-order chi connectivity index (χ1) is 9.33. The Morgan fingerprint density at radius 1 is 1.11 bits per heavy atom. The molecule has 0 bridgehead atoms. The van der Waals surface area contributed by atoms with Gasteiger partial charge in [-0.15, -0.1) is 0 Å². The van der Waals surface area contributed by atoms with Crippen molar-refractivity contribution in [3.63, 3.8) is 0 Å². The maximum atomic E-state index is 3.67. The van der Waals surface area contributed by atoms with E-state index < -0.39 is 0 Å². The fourth-order valence-electron chi connectivity index (χ4n) is 5.05. The molecule has 2 saturated heterocycles. The molecule has 2 heterocycles. The molecule has 19 heavy (non-hydrogen) atoms. The van der Waals surface area contributed by atoms with Gasteiger partial charge in [0.1, 0.15) is 0 Å². The summed E-state index contributed by atoms with van der Waals surface area (Å²) < 4.78 is 0. The van der Waals surface area contributed by atoms with Gasteiger partial charge < -0.3 is 5.32 Å². The molecule has 0 amide bonds. The normalized spacial score (nSPS) is 41.5. The Bertz CT molecular complexity index is 277. The highest BCUT2D eigenvalue weighted by Gasteiger charge is 2.40. The minimum atomic E-state index is 0.631. The Hall–Kier alpha value is -0.0800. The lowest BCUT2D eigenvalue weighted by Crippen LogP contribution is -2.55. The zero-order chi connectivity index (χ0) is 13.1. The highest BCUT2D eigenvalue weighted by molar-refractivity contribution is 4.95. The minimum absolute atomic E-state index is 0.631. The van der Waals surface area contributed by atoms with Crippen LogP contribution in [0.1, 0.15) is 64.7 Å².